The van der Waals surface area contributed by atoms with Crippen LogP contribution in [-0.2, 0) is 115 Å². The summed E-state index contributed by atoms with van der Waals surface area (Å²) in [5.41, 5.74) is 0. The number of hydrogen-bond donors (Lipinski definition) is 23. The predicted octanol–water partition coefficient (Wildman–Crippen LogP) is -8.95. The Balaban J connectivity index is 7.67. The van der Waals surface area contributed by atoms with Gasteiger partial charge in [0.25, 0.3) is 47.3 Å². The molecular weight excluding hydrogens is 1710 g/mol. The fourth-order valence-corrected chi connectivity index (χ4v) is 11.5. The van der Waals surface area contributed by atoms with Gasteiger partial charge in [0.2, 0.25) is 47.3 Å². The second kappa shape index (κ2) is 62.3. The highest BCUT2D eigenvalue weighted by Gasteiger charge is 2.41. The van der Waals surface area contributed by atoms with E-state index >= 15 is 4.79 Å². The van der Waals surface area contributed by atoms with Crippen LogP contribution in [0.25, 0.3) is 0 Å². The number of aldehydes is 8. The van der Waals surface area contributed by atoms with Crippen LogP contribution in [0.5, 0.6) is 0 Å². The number of amides is 16. The maximum atomic E-state index is 15.0. The highest BCUT2D eigenvalue weighted by atomic mass is 16.2. The van der Waals surface area contributed by atoms with E-state index in [-0.39, 0.29) is 50.6 Å². The second-order valence-corrected chi connectivity index (χ2v) is 31.9. The van der Waals surface area contributed by atoms with Gasteiger partial charge in [-0.2, -0.15) is 0 Å². The number of rotatable bonds is 68. The Morgan fingerprint density at radius 1 is 0.315 bits per heavy atom. The lowest BCUT2D eigenvalue weighted by atomic mass is 10.00. The molecule has 0 aliphatic rings. The summed E-state index contributed by atoms with van der Waals surface area (Å²) < 4.78 is 0. The van der Waals surface area contributed by atoms with E-state index in [0.29, 0.717) is 44.1 Å². The van der Waals surface area contributed by atoms with Gasteiger partial charge in [-0.15, -0.1) is 13.2 Å². The molecule has 48 heteroatoms. The van der Waals surface area contributed by atoms with Gasteiger partial charge in [0.15, 0.2) is 49.3 Å². The zero-order valence-electron chi connectivity index (χ0n) is 77.3. The van der Waals surface area contributed by atoms with Gasteiger partial charge in [-0.3, -0.25) is 119 Å². The number of allylic oxidation sites excluding steroid dienone is 1. The molecule has 24 atom stereocenters. The van der Waals surface area contributed by atoms with E-state index in [1.54, 1.807) is 69.2 Å². The van der Waals surface area contributed by atoms with Crippen LogP contribution in [0.2, 0.25) is 0 Å². The lowest BCUT2D eigenvalue weighted by Gasteiger charge is -2.35. The first-order chi connectivity index (χ1) is 61.2. The zero-order chi connectivity index (χ0) is 99.5. The molecule has 0 unspecified atom stereocenters. The molecule has 0 radical (unpaired) electrons. The molecule has 0 aliphatic carbocycles. The summed E-state index contributed by atoms with van der Waals surface area (Å²) in [4.78, 5) is 323. The van der Waals surface area contributed by atoms with Crippen molar-refractivity contribution < 1.29 is 115 Å². The normalized spacial score (nSPS) is 16.7. The highest BCUT2D eigenvalue weighted by Crippen LogP contribution is 2.13. The minimum atomic E-state index is -2.19. The molecule has 0 spiro atoms. The van der Waals surface area contributed by atoms with Crippen LogP contribution >= 0.6 is 0 Å². The maximum absolute atomic E-state index is 15.0. The number of nitrogens with zero attached hydrogens (tertiary/aromatic N) is 1. The fourth-order valence-electron chi connectivity index (χ4n) is 11.5. The summed E-state index contributed by atoms with van der Waals surface area (Å²) in [6, 6.07) is -17.5. The molecule has 130 heavy (non-hydrogen) atoms. The molecule has 0 aromatic heterocycles. The SMILES string of the molecule is C=CCCC(=O)N[C@@H](C)C(=O)N[C@@H](N[C@@H](C=O)C(C)C)C(=O)N(CC=C)[C@@H](NCC=O)C(=O)N[C@@H](C)C(=O)N[C@@H](C)C(=O)N[C@@H](N[C@@H](C=O)CC(C)C)C(=O)N[C@@H](N[C@@H](C)C=O)C(=O)N[C@@H](N[C@@H](C=O)[C@H](C)CC)C(=O)N[C@@H](N[C@@H](C=O)[C@H](C)CC)C(=O)N[C@H](NCC=O)C(=O)N[C@@H](C)C(=O)N[C@@H](C)C(=O)N[C@@H](N[C@@H](C=O)[C@H](C)CC)C(=O)N[C@@H](C)C(=O)N[C@@H](C)C(=O)NC. The van der Waals surface area contributed by atoms with Crippen LogP contribution in [0, 0.1) is 29.6 Å². The third kappa shape index (κ3) is 42.1. The summed E-state index contributed by atoms with van der Waals surface area (Å²) in [5.74, 6) is -19.7. The van der Waals surface area contributed by atoms with Gasteiger partial charge in [-0.1, -0.05) is 101 Å². The van der Waals surface area contributed by atoms with E-state index in [2.05, 4.69) is 135 Å². The highest BCUT2D eigenvalue weighted by molar-refractivity contribution is 6.01. The van der Waals surface area contributed by atoms with Crippen molar-refractivity contribution in [3.8, 4) is 0 Å². The Bertz CT molecular complexity index is 3860. The Kier molecular flexibility index (Phi) is 56.6. The first-order valence-electron chi connectivity index (χ1n) is 42.8. The number of likely N-dealkylation sites (N-methyl/N-ethyl adjacent to an activating group) is 1. The molecule has 730 valence electrons. The monoisotopic (exact) mass is 1840 g/mol. The molecule has 23 N–H and O–H groups in total. The molecule has 0 saturated carbocycles. The Morgan fingerprint density at radius 2 is 0.623 bits per heavy atom. The van der Waals surface area contributed by atoms with Gasteiger partial charge in [-0.05, 0) is 97.8 Å². The molecule has 0 fully saturated rings. The molecular formula is C82H138N24O24. The average molecular weight is 1840 g/mol. The molecule has 48 nitrogen and oxygen atoms in total. The molecule has 0 saturated heterocycles. The van der Waals surface area contributed by atoms with Gasteiger partial charge >= 0.3 is 0 Å². The number of nitrogens with one attached hydrogen (secondary N) is 23. The summed E-state index contributed by atoms with van der Waals surface area (Å²) >= 11 is 0. The minimum absolute atomic E-state index is 0.000977. The number of hydrogen-bond acceptors (Lipinski definition) is 32. The largest absolute Gasteiger partial charge is 0.357 e. The van der Waals surface area contributed by atoms with Gasteiger partial charge in [-0.25, -0.2) is 0 Å². The minimum Gasteiger partial charge on any atom is -0.357 e. The first-order valence-corrected chi connectivity index (χ1v) is 42.8. The quantitative estimate of drug-likeness (QED) is 0.0153. The molecule has 0 rings (SSSR count). The van der Waals surface area contributed by atoms with E-state index in [4.69, 9.17) is 0 Å². The van der Waals surface area contributed by atoms with Gasteiger partial charge in [0.05, 0.1) is 49.3 Å². The van der Waals surface area contributed by atoms with Crippen molar-refractivity contribution >= 4 is 145 Å². The Hall–Kier alpha value is -12.0. The van der Waals surface area contributed by atoms with Gasteiger partial charge < -0.3 is 123 Å². The van der Waals surface area contributed by atoms with Crippen LogP contribution in [0.15, 0.2) is 25.3 Å². The predicted molar refractivity (Wildman–Crippen MR) is 470 cm³/mol. The smallest absolute Gasteiger partial charge is 0.262 e. The molecule has 16 amide bonds. The van der Waals surface area contributed by atoms with Crippen molar-refractivity contribution in [1.82, 2.24) is 127 Å². The van der Waals surface area contributed by atoms with Gasteiger partial charge in [0, 0.05) is 20.0 Å². The van der Waals surface area contributed by atoms with E-state index in [0.717, 1.165) is 25.7 Å². The van der Waals surface area contributed by atoms with E-state index in [1.807, 2.05) is 0 Å². The molecule has 0 aromatic carbocycles. The summed E-state index contributed by atoms with van der Waals surface area (Å²) in [7, 11) is 1.34. The van der Waals surface area contributed by atoms with Crippen LogP contribution in [0.4, 0.5) is 0 Å². The van der Waals surface area contributed by atoms with Gasteiger partial charge in [0.1, 0.15) is 92.6 Å². The van der Waals surface area contributed by atoms with E-state index in [9.17, 15) is 110 Å². The lowest BCUT2D eigenvalue weighted by Crippen LogP contribution is -2.70. The standard InChI is InChI=1S/C82H138N24O24/c1-22-27-28-59(115)87-48(15)72(120)105-66(95-55(37-111)42(8)9)82(130)106(31-23-2)67(85-30-33-108)81(129)93-51(18)71(119)90-52(19)73(121)100-62(94-54(36-110)34-41(6)7)78(126)102-61(86-46(13)35-109)77(125)103-65(98-58(40-114)45(12)26-5)80(128)104-64(97-57(39-113)44(11)25-4)79(127)99-60(84-29-32-107)75(123)91-49(16)70(118)89-53(20)74(122)101-63(96-56(38-112)43(10)24-3)76(124)92-50(17)69(117)88-47(14)68(116)83-21/h22-23,32-33,35-58,60-67,84-86,94-98H,1-2,24-31,34H2,3-21H3,(H,83,116)(H,87,115)(H,88,117)(H,89,118)(H,90,119)(H,91,123)(H,92,124)(H,93,129)(H,99,127)(H,100,121)(H,101,122)(H,102,126)(H,103,125)(H,104,128)(H,105,120)/t43-,44-,45-,46+,47+,48+,49+,50+,51+,52+,53+,54-,55+,56+,57+,58+,60+,61-,62-,63-,64-,65-,66-,67-/m1/s1. The van der Waals surface area contributed by atoms with Crippen molar-refractivity contribution in [3.63, 3.8) is 0 Å². The van der Waals surface area contributed by atoms with E-state index in [1.165, 1.54) is 53.8 Å². The molecule has 0 bridgehead atoms. The van der Waals surface area contributed by atoms with Crippen molar-refractivity contribution in [3.05, 3.63) is 25.3 Å². The second-order valence-electron chi connectivity index (χ2n) is 31.9. The number of carbonyl (C=O) groups is 24. The topological polar surface area (TPSA) is 690 Å². The summed E-state index contributed by atoms with van der Waals surface area (Å²) in [5, 5.41) is 56.5. The van der Waals surface area contributed by atoms with Crippen molar-refractivity contribution in [2.75, 3.05) is 26.7 Å². The average Bonchev–Trinajstić information content (AvgIpc) is 0.830. The van der Waals surface area contributed by atoms with Crippen molar-refractivity contribution in [2.45, 2.75) is 291 Å². The summed E-state index contributed by atoms with van der Waals surface area (Å²) in [6.45, 7) is 31.8. The maximum Gasteiger partial charge on any atom is 0.262 e. The van der Waals surface area contributed by atoms with Crippen molar-refractivity contribution in [2.24, 2.45) is 29.6 Å². The Morgan fingerprint density at radius 3 is 0.962 bits per heavy atom. The first kappa shape index (κ1) is 118. The Labute approximate surface area is 756 Å². The van der Waals surface area contributed by atoms with Crippen LogP contribution in [0.1, 0.15) is 163 Å². The van der Waals surface area contributed by atoms with Crippen LogP contribution in [0.3, 0.4) is 0 Å². The molecule has 0 aromatic rings. The zero-order valence-corrected chi connectivity index (χ0v) is 77.3. The third-order valence-electron chi connectivity index (χ3n) is 20.3. The number of carbonyl (C=O) groups excluding carboxylic acids is 24. The van der Waals surface area contributed by atoms with Crippen LogP contribution < -0.4 is 122 Å². The van der Waals surface area contributed by atoms with E-state index < -0.39 is 266 Å². The molecule has 0 heterocycles. The van der Waals surface area contributed by atoms with Crippen LogP contribution in [-0.4, -0.2) is 304 Å². The van der Waals surface area contributed by atoms with Crippen molar-refractivity contribution in [1.29, 1.82) is 0 Å². The summed E-state index contributed by atoms with van der Waals surface area (Å²) in [6.07, 6.45) is -9.17. The third-order valence-corrected chi connectivity index (χ3v) is 20.3. The lowest BCUT2D eigenvalue weighted by molar-refractivity contribution is -0.146. The molecule has 0 aliphatic heterocycles. The fraction of sp³-hybridized carbons (Fsp3) is 0.659.